The smallest absolute Gasteiger partial charge is 0.243 e. The fraction of sp³-hybridized carbons (Fsp3) is 0.571. The molecule has 144 valence electrons. The summed E-state index contributed by atoms with van der Waals surface area (Å²) in [6.45, 7) is 3.63. The van der Waals surface area contributed by atoms with Crippen LogP contribution in [-0.4, -0.2) is 52.7 Å². The molecule has 0 bridgehead atoms. The second-order valence-electron chi connectivity index (χ2n) is 8.13. The van der Waals surface area contributed by atoms with Gasteiger partial charge in [0.1, 0.15) is 6.04 Å². The molecular formula is C21H27N3O3. The molecule has 2 heterocycles. The van der Waals surface area contributed by atoms with Gasteiger partial charge in [-0.05, 0) is 38.2 Å². The summed E-state index contributed by atoms with van der Waals surface area (Å²) >= 11 is 0. The van der Waals surface area contributed by atoms with Gasteiger partial charge in [0.05, 0.1) is 5.92 Å². The lowest BCUT2D eigenvalue weighted by molar-refractivity contribution is -0.141. The predicted molar refractivity (Wildman–Crippen MR) is 101 cm³/mol. The number of benzene rings is 1. The number of aryl methyl sites for hydroxylation is 1. The van der Waals surface area contributed by atoms with Crippen molar-refractivity contribution in [3.63, 3.8) is 0 Å². The molecule has 3 amide bonds. The molecule has 3 fully saturated rings. The number of nitrogens with one attached hydrogen (secondary N) is 1. The van der Waals surface area contributed by atoms with Crippen molar-refractivity contribution in [1.82, 2.24) is 15.1 Å². The molecule has 27 heavy (non-hydrogen) atoms. The van der Waals surface area contributed by atoms with Gasteiger partial charge in [0.2, 0.25) is 17.7 Å². The van der Waals surface area contributed by atoms with Crippen molar-refractivity contribution in [2.45, 2.75) is 57.7 Å². The number of nitrogens with zero attached hydrogens (tertiary/aromatic N) is 2. The first-order chi connectivity index (χ1) is 13.0. The van der Waals surface area contributed by atoms with E-state index in [-0.39, 0.29) is 36.1 Å². The van der Waals surface area contributed by atoms with Gasteiger partial charge in [-0.2, -0.15) is 0 Å². The molecule has 2 saturated heterocycles. The summed E-state index contributed by atoms with van der Waals surface area (Å²) in [7, 11) is 0. The Balaban J connectivity index is 1.37. The summed E-state index contributed by atoms with van der Waals surface area (Å²) in [5.74, 6) is -0.378. The molecule has 2 unspecified atom stereocenters. The Morgan fingerprint density at radius 2 is 1.89 bits per heavy atom. The van der Waals surface area contributed by atoms with Gasteiger partial charge in [-0.15, -0.1) is 0 Å². The van der Waals surface area contributed by atoms with E-state index < -0.39 is 0 Å². The quantitative estimate of drug-likeness (QED) is 0.857. The van der Waals surface area contributed by atoms with Gasteiger partial charge in [0.15, 0.2) is 0 Å². The Hall–Kier alpha value is -2.37. The van der Waals surface area contributed by atoms with E-state index >= 15 is 0 Å². The fourth-order valence-corrected chi connectivity index (χ4v) is 4.07. The number of hydrogen-bond donors (Lipinski definition) is 1. The Kier molecular flexibility index (Phi) is 4.89. The van der Waals surface area contributed by atoms with Gasteiger partial charge in [-0.3, -0.25) is 14.4 Å². The number of likely N-dealkylation sites (tertiary alicyclic amines) is 2. The number of rotatable bonds is 5. The zero-order valence-electron chi connectivity index (χ0n) is 15.8. The second-order valence-corrected chi connectivity index (χ2v) is 8.13. The molecule has 2 atom stereocenters. The van der Waals surface area contributed by atoms with Crippen LogP contribution in [0.15, 0.2) is 24.3 Å². The van der Waals surface area contributed by atoms with Crippen LogP contribution in [0.5, 0.6) is 0 Å². The van der Waals surface area contributed by atoms with Crippen LogP contribution >= 0.6 is 0 Å². The van der Waals surface area contributed by atoms with Crippen LogP contribution in [0.1, 0.15) is 43.2 Å². The molecule has 0 spiro atoms. The maximum atomic E-state index is 13.0. The van der Waals surface area contributed by atoms with E-state index in [9.17, 15) is 14.4 Å². The molecule has 6 nitrogen and oxygen atoms in total. The number of amides is 3. The first kappa shape index (κ1) is 18.0. The average Bonchev–Trinajstić information content (AvgIpc) is 3.18. The first-order valence-corrected chi connectivity index (χ1v) is 9.95. The largest absolute Gasteiger partial charge is 0.352 e. The first-order valence-electron chi connectivity index (χ1n) is 9.95. The third-order valence-electron chi connectivity index (χ3n) is 5.82. The van der Waals surface area contributed by atoms with Crippen LogP contribution in [0, 0.1) is 12.8 Å². The van der Waals surface area contributed by atoms with Gasteiger partial charge in [0.25, 0.3) is 0 Å². The van der Waals surface area contributed by atoms with Crippen molar-refractivity contribution in [3.05, 3.63) is 35.4 Å². The van der Waals surface area contributed by atoms with Crippen molar-refractivity contribution < 1.29 is 14.4 Å². The lowest BCUT2D eigenvalue weighted by Crippen LogP contribution is -2.48. The van der Waals surface area contributed by atoms with E-state index in [4.69, 9.17) is 0 Å². The van der Waals surface area contributed by atoms with E-state index in [2.05, 4.69) is 5.32 Å². The van der Waals surface area contributed by atoms with Gasteiger partial charge in [0, 0.05) is 32.1 Å². The third-order valence-corrected chi connectivity index (χ3v) is 5.82. The molecule has 6 heteroatoms. The lowest BCUT2D eigenvalue weighted by atomic mass is 10.1. The maximum absolute atomic E-state index is 13.0. The van der Waals surface area contributed by atoms with Crippen molar-refractivity contribution >= 4 is 17.7 Å². The molecular weight excluding hydrogens is 342 g/mol. The Labute approximate surface area is 159 Å². The minimum Gasteiger partial charge on any atom is -0.352 e. The monoisotopic (exact) mass is 369 g/mol. The van der Waals surface area contributed by atoms with Crippen LogP contribution < -0.4 is 5.32 Å². The van der Waals surface area contributed by atoms with Gasteiger partial charge >= 0.3 is 0 Å². The minimum absolute atomic E-state index is 0.0205. The highest BCUT2D eigenvalue weighted by molar-refractivity contribution is 5.93. The van der Waals surface area contributed by atoms with Gasteiger partial charge in [-0.25, -0.2) is 0 Å². The molecule has 4 rings (SSSR count). The van der Waals surface area contributed by atoms with Crippen LogP contribution in [-0.2, 0) is 20.9 Å². The van der Waals surface area contributed by atoms with Crippen molar-refractivity contribution in [3.8, 4) is 0 Å². The molecule has 1 N–H and O–H groups in total. The Bertz CT molecular complexity index is 742. The molecule has 1 aliphatic carbocycles. The lowest BCUT2D eigenvalue weighted by Gasteiger charge is -2.26. The van der Waals surface area contributed by atoms with Crippen LogP contribution in [0.3, 0.4) is 0 Å². The summed E-state index contributed by atoms with van der Waals surface area (Å²) in [4.78, 5) is 41.4. The summed E-state index contributed by atoms with van der Waals surface area (Å²) in [5.41, 5.74) is 2.26. The topological polar surface area (TPSA) is 69.7 Å². The highest BCUT2D eigenvalue weighted by Gasteiger charge is 2.42. The maximum Gasteiger partial charge on any atom is 0.243 e. The van der Waals surface area contributed by atoms with E-state index in [1.54, 1.807) is 9.80 Å². The predicted octanol–water partition coefficient (Wildman–Crippen LogP) is 1.61. The molecule has 0 radical (unpaired) electrons. The van der Waals surface area contributed by atoms with Gasteiger partial charge in [-0.1, -0.05) is 29.8 Å². The summed E-state index contributed by atoms with van der Waals surface area (Å²) < 4.78 is 0. The summed E-state index contributed by atoms with van der Waals surface area (Å²) in [6.07, 6.45) is 3.90. The second kappa shape index (κ2) is 7.33. The van der Waals surface area contributed by atoms with Crippen LogP contribution in [0.4, 0.5) is 0 Å². The number of carbonyl (C=O) groups excluding carboxylic acids is 3. The highest BCUT2D eigenvalue weighted by atomic mass is 16.2. The Morgan fingerprint density at radius 1 is 1.15 bits per heavy atom. The highest BCUT2D eigenvalue weighted by Crippen LogP contribution is 2.27. The van der Waals surface area contributed by atoms with Crippen molar-refractivity contribution in [1.29, 1.82) is 0 Å². The van der Waals surface area contributed by atoms with Crippen molar-refractivity contribution in [2.75, 3.05) is 13.1 Å². The van der Waals surface area contributed by atoms with E-state index in [0.29, 0.717) is 25.7 Å². The normalized spacial score (nSPS) is 25.1. The van der Waals surface area contributed by atoms with Gasteiger partial charge < -0.3 is 15.1 Å². The molecule has 3 aliphatic rings. The standard InChI is InChI=1S/C21H27N3O3/c1-14-4-6-15(7-5-14)12-23-13-16(11-19(23)25)21(27)24-10-2-3-18(24)20(26)22-17-8-9-17/h4-7,16-18H,2-3,8-13H2,1H3,(H,22,26). The fourth-order valence-electron chi connectivity index (χ4n) is 4.07. The van der Waals surface area contributed by atoms with Crippen molar-refractivity contribution in [2.24, 2.45) is 5.92 Å². The van der Waals surface area contributed by atoms with E-state index in [1.165, 1.54) is 5.56 Å². The Morgan fingerprint density at radius 3 is 2.59 bits per heavy atom. The molecule has 2 aliphatic heterocycles. The SMILES string of the molecule is Cc1ccc(CN2CC(C(=O)N3CCCC3C(=O)NC3CC3)CC2=O)cc1. The zero-order valence-corrected chi connectivity index (χ0v) is 15.8. The van der Waals surface area contributed by atoms with E-state index in [1.807, 2.05) is 31.2 Å². The minimum atomic E-state index is -0.362. The molecule has 0 aromatic heterocycles. The van der Waals surface area contributed by atoms with Crippen LogP contribution in [0.25, 0.3) is 0 Å². The number of carbonyl (C=O) groups is 3. The molecule has 1 saturated carbocycles. The zero-order chi connectivity index (χ0) is 19.0. The third kappa shape index (κ3) is 3.99. The summed E-state index contributed by atoms with van der Waals surface area (Å²) in [6, 6.07) is 8.05. The summed E-state index contributed by atoms with van der Waals surface area (Å²) in [5, 5.41) is 3.02. The van der Waals surface area contributed by atoms with E-state index in [0.717, 1.165) is 31.2 Å². The van der Waals surface area contributed by atoms with Crippen LogP contribution in [0.2, 0.25) is 0 Å². The average molecular weight is 369 g/mol. The number of hydrogen-bond acceptors (Lipinski definition) is 3. The molecule has 1 aromatic carbocycles. The molecule has 1 aromatic rings.